The highest BCUT2D eigenvalue weighted by Crippen LogP contribution is 2.10. The third-order valence-corrected chi connectivity index (χ3v) is 1.61. The maximum absolute atomic E-state index is 10.5. The lowest BCUT2D eigenvalue weighted by Gasteiger charge is -2.15. The Hall–Kier alpha value is -0.745. The van der Waals surface area contributed by atoms with Gasteiger partial charge in [0.1, 0.15) is 14.5 Å². The van der Waals surface area contributed by atoms with Crippen molar-refractivity contribution in [2.24, 2.45) is 0 Å². The van der Waals surface area contributed by atoms with E-state index in [1.165, 1.54) is 0 Å². The molecule has 1 heterocycles. The minimum atomic E-state index is -0.653. The summed E-state index contributed by atoms with van der Waals surface area (Å²) in [5.41, 5.74) is 0. The maximum atomic E-state index is 10.5. The minimum Gasteiger partial charge on any atom is -0.430 e. The first-order chi connectivity index (χ1) is 5.74. The van der Waals surface area contributed by atoms with E-state index in [0.29, 0.717) is 0 Å². The van der Waals surface area contributed by atoms with Crippen LogP contribution in [-0.4, -0.2) is 51.0 Å². The molecule has 0 amide bonds. The average Bonchev–Trinajstić information content (AvgIpc) is 2.47. The van der Waals surface area contributed by atoms with Gasteiger partial charge in [-0.15, -0.1) is 0 Å². The molecule has 0 saturated carbocycles. The zero-order chi connectivity index (χ0) is 8.97. The lowest BCUT2D eigenvalue weighted by Crippen LogP contribution is -2.32. The number of hydrogen-bond donors (Lipinski definition) is 1. The van der Waals surface area contributed by atoms with Gasteiger partial charge >= 0.3 is 6.16 Å². The normalized spacial score (nSPS) is 24.8. The van der Waals surface area contributed by atoms with E-state index in [-0.39, 0.29) is 31.9 Å². The number of aliphatic hydroxyl groups excluding tert-OH is 1. The molecule has 1 fully saturated rings. The van der Waals surface area contributed by atoms with Crippen LogP contribution in [0.15, 0.2) is 0 Å². The van der Waals surface area contributed by atoms with E-state index >= 15 is 0 Å². The molecule has 0 unspecified atom stereocenters. The van der Waals surface area contributed by atoms with E-state index < -0.39 is 6.16 Å². The number of carbonyl (C=O) groups excluding carboxylic acids is 1. The average molecular weight is 174 g/mol. The van der Waals surface area contributed by atoms with Gasteiger partial charge in [0.25, 0.3) is 0 Å². The van der Waals surface area contributed by atoms with Gasteiger partial charge in [-0.2, -0.15) is 0 Å². The first-order valence-corrected chi connectivity index (χ1v) is 3.80. The molecule has 0 aromatic heterocycles. The molecule has 0 bridgehead atoms. The Balaban J connectivity index is 2.23. The number of carbonyl (C=O) groups is 1. The van der Waals surface area contributed by atoms with Crippen molar-refractivity contribution in [3.8, 4) is 0 Å². The Bertz CT molecular complexity index is 162. The van der Waals surface area contributed by atoms with Crippen LogP contribution in [0.3, 0.4) is 0 Å². The molecule has 1 rings (SSSR count). The van der Waals surface area contributed by atoms with Crippen LogP contribution >= 0.6 is 0 Å². The van der Waals surface area contributed by atoms with Crippen molar-refractivity contribution in [2.45, 2.75) is 12.1 Å². The molecule has 2 atom stereocenters. The van der Waals surface area contributed by atoms with Gasteiger partial charge in [0, 0.05) is 0 Å². The van der Waals surface area contributed by atoms with Gasteiger partial charge in [0.15, 0.2) is 6.10 Å². The molecular formula is C6H11BO5. The van der Waals surface area contributed by atoms with Crippen LogP contribution in [0.1, 0.15) is 0 Å². The fourth-order valence-electron chi connectivity index (χ4n) is 0.919. The summed E-state index contributed by atoms with van der Waals surface area (Å²) in [5, 5.41) is 8.45. The van der Waals surface area contributed by atoms with Crippen molar-refractivity contribution in [3.05, 3.63) is 0 Å². The van der Waals surface area contributed by atoms with Crippen molar-refractivity contribution < 1.29 is 24.1 Å². The Morgan fingerprint density at radius 1 is 1.83 bits per heavy atom. The van der Waals surface area contributed by atoms with Gasteiger partial charge in [0.05, 0.1) is 19.2 Å². The maximum Gasteiger partial charge on any atom is 0.508 e. The quantitative estimate of drug-likeness (QED) is 0.414. The third-order valence-electron chi connectivity index (χ3n) is 1.61. The highest BCUT2D eigenvalue weighted by atomic mass is 16.8. The summed E-state index contributed by atoms with van der Waals surface area (Å²) in [6.07, 6.45) is -0.997. The number of ether oxygens (including phenoxy) is 3. The smallest absolute Gasteiger partial charge is 0.430 e. The zero-order valence-corrected chi connectivity index (χ0v) is 6.86. The van der Waals surface area contributed by atoms with E-state index in [9.17, 15) is 4.79 Å². The van der Waals surface area contributed by atoms with Crippen LogP contribution in [0.5, 0.6) is 0 Å². The summed E-state index contributed by atoms with van der Waals surface area (Å²) in [7, 11) is 1.77. The Labute approximate surface area is 71.0 Å². The SMILES string of the molecule is B[C@H](OCCO)[C@@H]1COC(=O)O1. The Morgan fingerprint density at radius 2 is 2.58 bits per heavy atom. The van der Waals surface area contributed by atoms with Crippen molar-refractivity contribution in [1.29, 1.82) is 0 Å². The molecule has 1 aliphatic heterocycles. The molecule has 0 aromatic rings. The molecule has 0 spiro atoms. The first kappa shape index (κ1) is 9.34. The summed E-state index contributed by atoms with van der Waals surface area (Å²) in [6.45, 7) is 0.437. The molecule has 1 saturated heterocycles. The van der Waals surface area contributed by atoms with Gasteiger partial charge in [-0.05, 0) is 0 Å². The van der Waals surface area contributed by atoms with Crippen molar-refractivity contribution in [2.75, 3.05) is 19.8 Å². The van der Waals surface area contributed by atoms with Crippen LogP contribution in [0.2, 0.25) is 0 Å². The van der Waals surface area contributed by atoms with Crippen molar-refractivity contribution in [3.63, 3.8) is 0 Å². The summed E-state index contributed by atoms with van der Waals surface area (Å²) >= 11 is 0. The molecule has 0 radical (unpaired) electrons. The minimum absolute atomic E-state index is 0.0358. The monoisotopic (exact) mass is 174 g/mol. The second-order valence-electron chi connectivity index (χ2n) is 2.52. The highest BCUT2D eigenvalue weighted by Gasteiger charge is 2.30. The van der Waals surface area contributed by atoms with E-state index in [0.717, 1.165) is 0 Å². The van der Waals surface area contributed by atoms with Gasteiger partial charge in [0.2, 0.25) is 0 Å². The third kappa shape index (κ3) is 2.39. The van der Waals surface area contributed by atoms with Crippen LogP contribution < -0.4 is 0 Å². The fraction of sp³-hybridized carbons (Fsp3) is 0.833. The summed E-state index contributed by atoms with van der Waals surface area (Å²) in [4.78, 5) is 10.5. The van der Waals surface area contributed by atoms with E-state index in [1.807, 2.05) is 0 Å². The van der Waals surface area contributed by atoms with Gasteiger partial charge in [-0.1, -0.05) is 0 Å². The highest BCUT2D eigenvalue weighted by molar-refractivity contribution is 6.11. The molecule has 6 heteroatoms. The number of cyclic esters (lactones) is 2. The predicted molar refractivity (Wildman–Crippen MR) is 41.6 cm³/mol. The summed E-state index contributed by atoms with van der Waals surface area (Å²) < 4.78 is 14.4. The molecular weight excluding hydrogens is 163 g/mol. The molecule has 0 aliphatic carbocycles. The van der Waals surface area contributed by atoms with Gasteiger partial charge < -0.3 is 19.3 Å². The summed E-state index contributed by atoms with van der Waals surface area (Å²) in [6, 6.07) is -0.233. The molecule has 1 N–H and O–H groups in total. The lowest BCUT2D eigenvalue weighted by atomic mass is 9.95. The van der Waals surface area contributed by atoms with Crippen LogP contribution in [0, 0.1) is 0 Å². The van der Waals surface area contributed by atoms with Crippen molar-refractivity contribution in [1.82, 2.24) is 0 Å². The second kappa shape index (κ2) is 4.32. The molecule has 1 aliphatic rings. The zero-order valence-electron chi connectivity index (χ0n) is 6.86. The van der Waals surface area contributed by atoms with Crippen LogP contribution in [0.4, 0.5) is 4.79 Å². The van der Waals surface area contributed by atoms with E-state index in [4.69, 9.17) is 14.6 Å². The van der Waals surface area contributed by atoms with Crippen LogP contribution in [0.25, 0.3) is 0 Å². The lowest BCUT2D eigenvalue weighted by molar-refractivity contribution is 0.00611. The predicted octanol–water partition coefficient (Wildman–Crippen LogP) is -1.51. The summed E-state index contributed by atoms with van der Waals surface area (Å²) in [5.74, 6) is 0. The largest absolute Gasteiger partial charge is 0.508 e. The molecule has 68 valence electrons. The van der Waals surface area contributed by atoms with Gasteiger partial charge in [-0.3, -0.25) is 0 Å². The Morgan fingerprint density at radius 3 is 3.08 bits per heavy atom. The van der Waals surface area contributed by atoms with Crippen LogP contribution in [-0.2, 0) is 14.2 Å². The number of hydrogen-bond acceptors (Lipinski definition) is 5. The molecule has 5 nitrogen and oxygen atoms in total. The second-order valence-corrected chi connectivity index (χ2v) is 2.52. The number of aliphatic hydroxyl groups is 1. The van der Waals surface area contributed by atoms with E-state index in [1.54, 1.807) is 7.85 Å². The first-order valence-electron chi connectivity index (χ1n) is 3.80. The van der Waals surface area contributed by atoms with Crippen molar-refractivity contribution >= 4 is 14.0 Å². The Kier molecular flexibility index (Phi) is 3.37. The molecule has 0 aromatic carbocycles. The van der Waals surface area contributed by atoms with E-state index in [2.05, 4.69) is 4.74 Å². The van der Waals surface area contributed by atoms with Gasteiger partial charge in [-0.25, -0.2) is 4.79 Å². The fourth-order valence-corrected chi connectivity index (χ4v) is 0.919. The molecule has 12 heavy (non-hydrogen) atoms. The standard InChI is InChI=1S/C6H11BO5/c7-5(10-2-1-8)4-3-11-6(9)12-4/h4-5,8H,1-3,7H2/t4-,5+/m0/s1. The topological polar surface area (TPSA) is 65.0 Å². The number of rotatable bonds is 4.